The summed E-state index contributed by atoms with van der Waals surface area (Å²) >= 11 is 1.46. The Morgan fingerprint density at radius 3 is 3.00 bits per heavy atom. The molecule has 0 saturated carbocycles. The maximum Gasteiger partial charge on any atom is 0.248 e. The topological polar surface area (TPSA) is 116 Å². The van der Waals surface area contributed by atoms with Gasteiger partial charge in [-0.2, -0.15) is 0 Å². The molecule has 0 radical (unpaired) electrons. The lowest BCUT2D eigenvalue weighted by molar-refractivity contribution is -0.768. The molecule has 0 aliphatic carbocycles. The van der Waals surface area contributed by atoms with Crippen LogP contribution in [-0.4, -0.2) is 51.6 Å². The average molecular weight is 363 g/mol. The predicted octanol–water partition coefficient (Wildman–Crippen LogP) is -2.61. The van der Waals surface area contributed by atoms with Gasteiger partial charge >= 0.3 is 0 Å². The Bertz CT molecular complexity index is 804. The second kappa shape index (κ2) is 5.88. The SMILES string of the molecule is N[C@@H]1C(=O)N2C(C(=O)[O-])=C(C[n+]3ccc4n3CCCN4C=O)CS[C@H]12. The fourth-order valence-electron chi connectivity index (χ4n) is 3.57. The smallest absolute Gasteiger partial charge is 0.248 e. The van der Waals surface area contributed by atoms with E-state index < -0.39 is 12.0 Å². The minimum atomic E-state index is -1.36. The van der Waals surface area contributed by atoms with Gasteiger partial charge in [0.15, 0.2) is 18.6 Å². The maximum atomic E-state index is 12.0. The molecule has 132 valence electrons. The number of hydrogen-bond acceptors (Lipinski definition) is 6. The van der Waals surface area contributed by atoms with E-state index in [0.717, 1.165) is 25.2 Å². The molecule has 1 fully saturated rings. The van der Waals surface area contributed by atoms with Gasteiger partial charge < -0.3 is 15.6 Å². The molecule has 2 N–H and O–H groups in total. The maximum absolute atomic E-state index is 12.0. The number of aromatic nitrogens is 2. The zero-order valence-electron chi connectivity index (χ0n) is 13.3. The summed E-state index contributed by atoms with van der Waals surface area (Å²) in [5.41, 5.74) is 6.29. The van der Waals surface area contributed by atoms with Gasteiger partial charge in [-0.1, -0.05) is 0 Å². The lowest BCUT2D eigenvalue weighted by Gasteiger charge is -2.49. The Kier molecular flexibility index (Phi) is 3.80. The molecule has 3 aliphatic rings. The van der Waals surface area contributed by atoms with E-state index in [2.05, 4.69) is 0 Å². The Hall–Kier alpha value is -2.33. The standard InChI is InChI=1S/C15H17N5O4S/c16-11-13(22)20-12(15(23)24)9(7-25-14(11)20)6-18-5-2-10-17(8-21)3-1-4-19(10)18/h2,5,8,11,14H,1,3-4,6-7,16H2/t11-,14-/m1/s1. The highest BCUT2D eigenvalue weighted by atomic mass is 32.2. The summed E-state index contributed by atoms with van der Waals surface area (Å²) in [7, 11) is 0. The first-order valence-electron chi connectivity index (χ1n) is 7.97. The van der Waals surface area contributed by atoms with Gasteiger partial charge in [-0.15, -0.1) is 21.1 Å². The molecule has 2 amide bonds. The molecular formula is C15H17N5O4S. The Balaban J connectivity index is 1.68. The molecule has 1 aromatic heterocycles. The fourth-order valence-corrected chi connectivity index (χ4v) is 4.86. The van der Waals surface area contributed by atoms with Gasteiger partial charge in [0.2, 0.25) is 12.3 Å². The first kappa shape index (κ1) is 16.2. The van der Waals surface area contributed by atoms with Gasteiger partial charge in [-0.3, -0.25) is 19.4 Å². The summed E-state index contributed by atoms with van der Waals surface area (Å²) in [5, 5.41) is 11.3. The van der Waals surface area contributed by atoms with E-state index in [9.17, 15) is 19.5 Å². The number of anilines is 1. The number of aliphatic carboxylic acids is 1. The highest BCUT2D eigenvalue weighted by molar-refractivity contribution is 8.00. The van der Waals surface area contributed by atoms with Crippen LogP contribution in [0.2, 0.25) is 0 Å². The average Bonchev–Trinajstić information content (AvgIpc) is 3.03. The van der Waals surface area contributed by atoms with Gasteiger partial charge in [0, 0.05) is 17.9 Å². The van der Waals surface area contributed by atoms with Gasteiger partial charge in [0.05, 0.1) is 24.3 Å². The number of β-lactam (4-membered cyclic amide) rings is 1. The van der Waals surface area contributed by atoms with Crippen LogP contribution in [-0.2, 0) is 27.5 Å². The molecule has 0 aromatic carbocycles. The van der Waals surface area contributed by atoms with E-state index >= 15 is 0 Å². The van der Waals surface area contributed by atoms with E-state index in [1.807, 2.05) is 21.6 Å². The summed E-state index contributed by atoms with van der Waals surface area (Å²) in [5.74, 6) is -0.499. The van der Waals surface area contributed by atoms with Crippen LogP contribution in [0.5, 0.6) is 0 Å². The first-order chi connectivity index (χ1) is 12.0. The van der Waals surface area contributed by atoms with Crippen LogP contribution < -0.4 is 20.4 Å². The minimum absolute atomic E-state index is 0.0680. The minimum Gasteiger partial charge on any atom is -0.543 e. The van der Waals surface area contributed by atoms with Gasteiger partial charge in [-0.05, 0) is 6.42 Å². The highest BCUT2D eigenvalue weighted by Gasteiger charge is 2.50. The third-order valence-electron chi connectivity index (χ3n) is 4.80. The summed E-state index contributed by atoms with van der Waals surface area (Å²) in [6.45, 7) is 1.72. The van der Waals surface area contributed by atoms with Crippen LogP contribution in [0.25, 0.3) is 0 Å². The quantitative estimate of drug-likeness (QED) is 0.356. The van der Waals surface area contributed by atoms with Crippen LogP contribution in [0, 0.1) is 0 Å². The van der Waals surface area contributed by atoms with E-state index in [1.54, 1.807) is 4.90 Å². The molecule has 1 aromatic rings. The largest absolute Gasteiger partial charge is 0.543 e. The lowest BCUT2D eigenvalue weighted by atomic mass is 10.0. The van der Waals surface area contributed by atoms with Crippen LogP contribution >= 0.6 is 11.8 Å². The van der Waals surface area contributed by atoms with Gasteiger partial charge in [-0.25, -0.2) is 0 Å². The molecule has 0 bridgehead atoms. The van der Waals surface area contributed by atoms with Crippen LogP contribution in [0.4, 0.5) is 5.82 Å². The second-order valence-electron chi connectivity index (χ2n) is 6.22. The van der Waals surface area contributed by atoms with Crippen molar-refractivity contribution in [2.45, 2.75) is 30.9 Å². The van der Waals surface area contributed by atoms with Crippen LogP contribution in [0.3, 0.4) is 0 Å². The van der Waals surface area contributed by atoms with Gasteiger partial charge in [0.25, 0.3) is 0 Å². The molecule has 4 rings (SSSR count). The predicted molar refractivity (Wildman–Crippen MR) is 85.8 cm³/mol. The van der Waals surface area contributed by atoms with E-state index in [-0.39, 0.29) is 17.0 Å². The Morgan fingerprint density at radius 2 is 2.28 bits per heavy atom. The van der Waals surface area contributed by atoms with Crippen molar-refractivity contribution in [2.75, 3.05) is 17.2 Å². The highest BCUT2D eigenvalue weighted by Crippen LogP contribution is 2.39. The van der Waals surface area contributed by atoms with Crippen LogP contribution in [0.1, 0.15) is 6.42 Å². The number of carboxylic acids is 1. The number of nitrogens with zero attached hydrogens (tertiary/aromatic N) is 4. The number of carbonyl (C=O) groups excluding carboxylic acids is 3. The lowest BCUT2D eigenvalue weighted by Crippen LogP contribution is -2.69. The molecule has 1 saturated heterocycles. The molecule has 0 spiro atoms. The first-order valence-corrected chi connectivity index (χ1v) is 9.02. The molecule has 0 unspecified atom stereocenters. The second-order valence-corrected chi connectivity index (χ2v) is 7.33. The summed E-state index contributed by atoms with van der Waals surface area (Å²) < 4.78 is 3.81. The Morgan fingerprint density at radius 1 is 1.48 bits per heavy atom. The van der Waals surface area contributed by atoms with Gasteiger partial charge in [0.1, 0.15) is 11.4 Å². The summed E-state index contributed by atoms with van der Waals surface area (Å²) in [4.78, 5) is 37.6. The van der Waals surface area contributed by atoms with Crippen molar-refractivity contribution < 1.29 is 24.2 Å². The molecule has 9 nitrogen and oxygen atoms in total. The van der Waals surface area contributed by atoms with Crippen molar-refractivity contribution in [3.8, 4) is 0 Å². The molecule has 4 heterocycles. The number of carbonyl (C=O) groups is 3. The van der Waals surface area contributed by atoms with Crippen molar-refractivity contribution >= 4 is 35.9 Å². The van der Waals surface area contributed by atoms with Crippen molar-refractivity contribution in [1.82, 2.24) is 9.58 Å². The summed E-state index contributed by atoms with van der Waals surface area (Å²) in [6, 6.07) is 1.17. The number of carboxylic acid groups (broad SMARTS) is 1. The number of hydrogen-bond donors (Lipinski definition) is 1. The van der Waals surface area contributed by atoms with E-state index in [4.69, 9.17) is 5.73 Å². The molecule has 25 heavy (non-hydrogen) atoms. The van der Waals surface area contributed by atoms with Crippen molar-refractivity contribution in [3.63, 3.8) is 0 Å². The number of thioether (sulfide) groups is 1. The Labute approximate surface area is 147 Å². The number of nitrogens with two attached hydrogens (primary N) is 1. The van der Waals surface area contributed by atoms with E-state index in [1.165, 1.54) is 16.7 Å². The van der Waals surface area contributed by atoms with Crippen molar-refractivity contribution in [3.05, 3.63) is 23.5 Å². The van der Waals surface area contributed by atoms with Crippen molar-refractivity contribution in [2.24, 2.45) is 5.73 Å². The molecule has 3 aliphatic heterocycles. The zero-order valence-corrected chi connectivity index (χ0v) is 14.1. The van der Waals surface area contributed by atoms with E-state index in [0.29, 0.717) is 24.4 Å². The molecule has 2 atom stereocenters. The van der Waals surface area contributed by atoms with Crippen molar-refractivity contribution in [1.29, 1.82) is 0 Å². The normalized spacial score (nSPS) is 25.4. The number of amides is 2. The zero-order chi connectivity index (χ0) is 17.7. The summed E-state index contributed by atoms with van der Waals surface area (Å²) in [6.07, 6.45) is 3.43. The third-order valence-corrected chi connectivity index (χ3v) is 6.16. The number of fused-ring (bicyclic) bond motifs is 2. The molecular weight excluding hydrogens is 346 g/mol. The molecule has 10 heteroatoms. The third kappa shape index (κ3) is 2.35. The fraction of sp³-hybridized carbons (Fsp3) is 0.467. The van der Waals surface area contributed by atoms with Crippen LogP contribution in [0.15, 0.2) is 23.5 Å². The number of rotatable bonds is 4. The monoisotopic (exact) mass is 363 g/mol.